The molecule has 20 heavy (non-hydrogen) atoms. The zero-order chi connectivity index (χ0) is 15.3. The number of nitrogens with one attached hydrogen (secondary N) is 2. The van der Waals surface area contributed by atoms with Crippen LogP contribution in [0.3, 0.4) is 0 Å². The number of carbonyl (C=O) groups is 3. The molecule has 1 aromatic rings. The fourth-order valence-corrected chi connectivity index (χ4v) is 1.36. The Morgan fingerprint density at radius 2 is 2.00 bits per heavy atom. The molecule has 0 aliphatic rings. The Kier molecular flexibility index (Phi) is 4.90. The summed E-state index contributed by atoms with van der Waals surface area (Å²) >= 11 is 0. The highest BCUT2D eigenvalue weighted by Gasteiger charge is 2.15. The SMILES string of the molecule is COc1ccc(C(=O)O)cc1NC(=O)NC(C)C(N)=O. The first-order chi connectivity index (χ1) is 9.35. The number of urea groups is 1. The van der Waals surface area contributed by atoms with Crippen molar-refractivity contribution in [3.63, 3.8) is 0 Å². The quantitative estimate of drug-likeness (QED) is 0.620. The largest absolute Gasteiger partial charge is 0.495 e. The summed E-state index contributed by atoms with van der Waals surface area (Å²) in [5, 5.41) is 13.6. The molecule has 0 fully saturated rings. The fraction of sp³-hybridized carbons (Fsp3) is 0.250. The second kappa shape index (κ2) is 6.41. The van der Waals surface area contributed by atoms with Gasteiger partial charge in [0.1, 0.15) is 11.8 Å². The van der Waals surface area contributed by atoms with Crippen LogP contribution in [0.2, 0.25) is 0 Å². The molecule has 0 saturated carbocycles. The number of ether oxygens (including phenoxy) is 1. The van der Waals surface area contributed by atoms with Crippen molar-refractivity contribution in [2.75, 3.05) is 12.4 Å². The van der Waals surface area contributed by atoms with Crippen LogP contribution in [0.5, 0.6) is 5.75 Å². The maximum absolute atomic E-state index is 11.6. The molecular weight excluding hydrogens is 266 g/mol. The molecule has 0 spiro atoms. The average Bonchev–Trinajstić information content (AvgIpc) is 2.38. The lowest BCUT2D eigenvalue weighted by molar-refractivity contribution is -0.119. The summed E-state index contributed by atoms with van der Waals surface area (Å²) < 4.78 is 5.01. The maximum atomic E-state index is 11.6. The van der Waals surface area contributed by atoms with Crippen LogP contribution in [0.15, 0.2) is 18.2 Å². The van der Waals surface area contributed by atoms with Gasteiger partial charge in [-0.05, 0) is 25.1 Å². The third kappa shape index (κ3) is 3.87. The maximum Gasteiger partial charge on any atom is 0.335 e. The molecule has 108 valence electrons. The standard InChI is InChI=1S/C12H15N3O5/c1-6(10(13)16)14-12(19)15-8-5-7(11(17)18)3-4-9(8)20-2/h3-6H,1-2H3,(H2,13,16)(H,17,18)(H2,14,15,19). The molecule has 0 aliphatic carbocycles. The number of carboxylic acid groups (broad SMARTS) is 1. The van der Waals surface area contributed by atoms with Crippen molar-refractivity contribution in [3.8, 4) is 5.75 Å². The van der Waals surface area contributed by atoms with E-state index < -0.39 is 23.9 Å². The number of hydrogen-bond acceptors (Lipinski definition) is 4. The molecule has 0 aromatic heterocycles. The number of anilines is 1. The molecule has 0 bridgehead atoms. The molecule has 1 aromatic carbocycles. The summed E-state index contributed by atoms with van der Waals surface area (Å²) in [5.41, 5.74) is 5.17. The molecule has 0 heterocycles. The molecular formula is C12H15N3O5. The van der Waals surface area contributed by atoms with Crippen molar-refractivity contribution < 1.29 is 24.2 Å². The van der Waals surface area contributed by atoms with Crippen LogP contribution in [0.1, 0.15) is 17.3 Å². The second-order valence-corrected chi connectivity index (χ2v) is 3.94. The minimum Gasteiger partial charge on any atom is -0.495 e. The number of primary amides is 1. The third-order valence-corrected chi connectivity index (χ3v) is 2.47. The van der Waals surface area contributed by atoms with Crippen molar-refractivity contribution >= 4 is 23.6 Å². The van der Waals surface area contributed by atoms with E-state index in [0.717, 1.165) is 0 Å². The molecule has 0 radical (unpaired) electrons. The minimum atomic E-state index is -1.14. The first kappa shape index (κ1) is 15.3. The van der Waals surface area contributed by atoms with Gasteiger partial charge in [-0.3, -0.25) is 4.79 Å². The van der Waals surface area contributed by atoms with Crippen molar-refractivity contribution in [3.05, 3.63) is 23.8 Å². The Labute approximate surface area is 114 Å². The number of aromatic carboxylic acids is 1. The number of amides is 3. The molecule has 0 saturated heterocycles. The lowest BCUT2D eigenvalue weighted by Gasteiger charge is -2.14. The summed E-state index contributed by atoms with van der Waals surface area (Å²) in [6, 6.07) is 2.45. The number of benzene rings is 1. The summed E-state index contributed by atoms with van der Waals surface area (Å²) in [5.74, 6) is -1.54. The van der Waals surface area contributed by atoms with Crippen LogP contribution in [-0.2, 0) is 4.79 Å². The lowest BCUT2D eigenvalue weighted by atomic mass is 10.2. The van der Waals surface area contributed by atoms with E-state index in [0.29, 0.717) is 0 Å². The fourth-order valence-electron chi connectivity index (χ4n) is 1.36. The van der Waals surface area contributed by atoms with Gasteiger partial charge < -0.3 is 26.2 Å². The molecule has 1 rings (SSSR count). The van der Waals surface area contributed by atoms with Crippen molar-refractivity contribution in [2.45, 2.75) is 13.0 Å². The van der Waals surface area contributed by atoms with Crippen LogP contribution in [0, 0.1) is 0 Å². The average molecular weight is 281 g/mol. The van der Waals surface area contributed by atoms with E-state index in [2.05, 4.69) is 10.6 Å². The van der Waals surface area contributed by atoms with Gasteiger partial charge in [0.25, 0.3) is 0 Å². The highest BCUT2D eigenvalue weighted by Crippen LogP contribution is 2.25. The third-order valence-electron chi connectivity index (χ3n) is 2.47. The number of nitrogens with two attached hydrogens (primary N) is 1. The Hall–Kier alpha value is -2.77. The number of carboxylic acids is 1. The van der Waals surface area contributed by atoms with E-state index >= 15 is 0 Å². The van der Waals surface area contributed by atoms with Crippen LogP contribution in [0.25, 0.3) is 0 Å². The number of rotatable bonds is 5. The van der Waals surface area contributed by atoms with Crippen molar-refractivity contribution in [1.29, 1.82) is 0 Å². The van der Waals surface area contributed by atoms with Gasteiger partial charge in [0.15, 0.2) is 0 Å². The molecule has 8 heteroatoms. The van der Waals surface area contributed by atoms with Gasteiger partial charge >= 0.3 is 12.0 Å². The first-order valence-electron chi connectivity index (χ1n) is 5.63. The Morgan fingerprint density at radius 3 is 2.50 bits per heavy atom. The van der Waals surface area contributed by atoms with Gasteiger partial charge in [-0.25, -0.2) is 9.59 Å². The second-order valence-electron chi connectivity index (χ2n) is 3.94. The van der Waals surface area contributed by atoms with E-state index in [1.165, 1.54) is 32.2 Å². The molecule has 5 N–H and O–H groups in total. The van der Waals surface area contributed by atoms with Gasteiger partial charge in [0.2, 0.25) is 5.91 Å². The van der Waals surface area contributed by atoms with E-state index in [4.69, 9.17) is 15.6 Å². The molecule has 0 aliphatic heterocycles. The smallest absolute Gasteiger partial charge is 0.335 e. The summed E-state index contributed by atoms with van der Waals surface area (Å²) in [7, 11) is 1.38. The van der Waals surface area contributed by atoms with E-state index in [1.807, 2.05) is 0 Å². The van der Waals surface area contributed by atoms with Gasteiger partial charge in [-0.2, -0.15) is 0 Å². The van der Waals surface area contributed by atoms with Gasteiger partial charge in [-0.1, -0.05) is 0 Å². The van der Waals surface area contributed by atoms with E-state index in [9.17, 15) is 14.4 Å². The van der Waals surface area contributed by atoms with Gasteiger partial charge in [0.05, 0.1) is 18.4 Å². The summed E-state index contributed by atoms with van der Waals surface area (Å²) in [4.78, 5) is 33.4. The van der Waals surface area contributed by atoms with Gasteiger partial charge in [0, 0.05) is 0 Å². The topological polar surface area (TPSA) is 131 Å². The lowest BCUT2D eigenvalue weighted by Crippen LogP contribution is -2.44. The summed E-state index contributed by atoms with van der Waals surface area (Å²) in [6.45, 7) is 1.42. The van der Waals surface area contributed by atoms with Crippen molar-refractivity contribution in [2.24, 2.45) is 5.73 Å². The van der Waals surface area contributed by atoms with E-state index in [1.54, 1.807) is 0 Å². The van der Waals surface area contributed by atoms with Crippen LogP contribution in [-0.4, -0.2) is 36.2 Å². The molecule has 3 amide bonds. The first-order valence-corrected chi connectivity index (χ1v) is 5.63. The zero-order valence-corrected chi connectivity index (χ0v) is 11.0. The molecule has 8 nitrogen and oxygen atoms in total. The van der Waals surface area contributed by atoms with Crippen LogP contribution in [0.4, 0.5) is 10.5 Å². The monoisotopic (exact) mass is 281 g/mol. The summed E-state index contributed by atoms with van der Waals surface area (Å²) in [6.07, 6.45) is 0. The zero-order valence-electron chi connectivity index (χ0n) is 11.0. The highest BCUT2D eigenvalue weighted by atomic mass is 16.5. The van der Waals surface area contributed by atoms with Gasteiger partial charge in [-0.15, -0.1) is 0 Å². The Bertz CT molecular complexity index is 544. The predicted molar refractivity (Wildman–Crippen MR) is 70.8 cm³/mol. The normalized spacial score (nSPS) is 11.3. The molecule has 1 atom stereocenters. The number of methoxy groups -OCH3 is 1. The van der Waals surface area contributed by atoms with Crippen LogP contribution >= 0.6 is 0 Å². The molecule has 1 unspecified atom stereocenters. The minimum absolute atomic E-state index is 0.0101. The predicted octanol–water partition coefficient (Wildman–Crippen LogP) is 0.389. The Balaban J connectivity index is 2.89. The number of hydrogen-bond donors (Lipinski definition) is 4. The van der Waals surface area contributed by atoms with Crippen LogP contribution < -0.4 is 21.1 Å². The Morgan fingerprint density at radius 1 is 1.35 bits per heavy atom. The van der Waals surface area contributed by atoms with E-state index in [-0.39, 0.29) is 17.0 Å². The van der Waals surface area contributed by atoms with Crippen molar-refractivity contribution in [1.82, 2.24) is 5.32 Å². The highest BCUT2D eigenvalue weighted by molar-refractivity contribution is 5.96. The number of carbonyl (C=O) groups excluding carboxylic acids is 2.